The van der Waals surface area contributed by atoms with Gasteiger partial charge in [-0.15, -0.1) is 0 Å². The third kappa shape index (κ3) is 4.90. The van der Waals surface area contributed by atoms with Gasteiger partial charge in [0.15, 0.2) is 0 Å². The monoisotopic (exact) mass is 447 g/mol. The molecule has 0 spiro atoms. The van der Waals surface area contributed by atoms with Gasteiger partial charge in [0.2, 0.25) is 5.91 Å². The summed E-state index contributed by atoms with van der Waals surface area (Å²) in [4.78, 5) is 29.0. The predicted octanol–water partition coefficient (Wildman–Crippen LogP) is 4.79. The average Bonchev–Trinajstić information content (AvgIpc) is 3.22. The fraction of sp³-hybridized carbons (Fsp3) is 0.407. The number of ether oxygens (including phenoxy) is 1. The van der Waals surface area contributed by atoms with Crippen molar-refractivity contribution in [3.63, 3.8) is 0 Å². The van der Waals surface area contributed by atoms with E-state index in [1.54, 1.807) is 11.8 Å². The summed E-state index contributed by atoms with van der Waals surface area (Å²) in [6.07, 6.45) is 2.32. The maximum absolute atomic E-state index is 13.4. The van der Waals surface area contributed by atoms with Crippen molar-refractivity contribution in [3.05, 3.63) is 71.4 Å². The van der Waals surface area contributed by atoms with Gasteiger partial charge in [0.05, 0.1) is 6.61 Å². The predicted molar refractivity (Wildman–Crippen MR) is 130 cm³/mol. The molecule has 4 rings (SSSR count). The van der Waals surface area contributed by atoms with Crippen LogP contribution >= 0.6 is 0 Å². The van der Waals surface area contributed by atoms with Crippen LogP contribution in [0.5, 0.6) is 0 Å². The molecule has 2 aromatic carbocycles. The molecule has 0 saturated carbocycles. The van der Waals surface area contributed by atoms with Crippen molar-refractivity contribution in [1.29, 1.82) is 0 Å². The third-order valence-corrected chi connectivity index (χ3v) is 6.55. The lowest BCUT2D eigenvalue weighted by atomic mass is 9.87. The number of carbonyl (C=O) groups excluding carboxylic acids is 2. The van der Waals surface area contributed by atoms with Crippen molar-refractivity contribution in [2.75, 3.05) is 32.8 Å². The van der Waals surface area contributed by atoms with Crippen LogP contribution in [0.4, 0.5) is 4.79 Å². The Hall–Kier alpha value is -3.28. The molecule has 1 fully saturated rings. The van der Waals surface area contributed by atoms with Crippen LogP contribution in [0, 0.1) is 6.92 Å². The third-order valence-electron chi connectivity index (χ3n) is 6.55. The van der Waals surface area contributed by atoms with E-state index >= 15 is 0 Å². The van der Waals surface area contributed by atoms with Crippen LogP contribution < -0.4 is 0 Å². The summed E-state index contributed by atoms with van der Waals surface area (Å²) in [7, 11) is 0. The summed E-state index contributed by atoms with van der Waals surface area (Å²) < 4.78 is 7.36. The van der Waals surface area contributed by atoms with Gasteiger partial charge in [0.1, 0.15) is 0 Å². The van der Waals surface area contributed by atoms with E-state index in [2.05, 4.69) is 73.1 Å². The van der Waals surface area contributed by atoms with Crippen LogP contribution in [0.2, 0.25) is 0 Å². The Morgan fingerprint density at radius 2 is 1.61 bits per heavy atom. The lowest BCUT2D eigenvalue weighted by Crippen LogP contribution is -2.50. The van der Waals surface area contributed by atoms with Gasteiger partial charge < -0.3 is 19.1 Å². The molecule has 1 atom stereocenters. The van der Waals surface area contributed by atoms with Gasteiger partial charge in [0, 0.05) is 62.2 Å². The zero-order chi connectivity index (χ0) is 23.4. The number of aryl methyl sites for hydroxylation is 2. The minimum atomic E-state index is -0.297. The smallest absolute Gasteiger partial charge is 0.409 e. The number of hydrogen-bond acceptors (Lipinski definition) is 3. The Morgan fingerprint density at radius 1 is 0.939 bits per heavy atom. The first-order valence-corrected chi connectivity index (χ1v) is 11.9. The molecule has 0 unspecified atom stereocenters. The van der Waals surface area contributed by atoms with Crippen LogP contribution in [0.15, 0.2) is 54.7 Å². The molecule has 1 aromatic heterocycles. The van der Waals surface area contributed by atoms with Crippen LogP contribution in [0.3, 0.4) is 0 Å². The fourth-order valence-electron chi connectivity index (χ4n) is 4.68. The normalized spacial score (nSPS) is 15.0. The highest BCUT2D eigenvalue weighted by Gasteiger charge is 2.28. The fourth-order valence-corrected chi connectivity index (χ4v) is 4.68. The Bertz CT molecular complexity index is 1110. The Labute approximate surface area is 195 Å². The van der Waals surface area contributed by atoms with E-state index in [9.17, 15) is 9.59 Å². The molecule has 0 aliphatic carbocycles. The molecule has 1 aliphatic rings. The van der Waals surface area contributed by atoms with Crippen LogP contribution in [0.1, 0.15) is 42.9 Å². The summed E-state index contributed by atoms with van der Waals surface area (Å²) >= 11 is 0. The molecule has 6 nitrogen and oxygen atoms in total. The maximum atomic E-state index is 13.4. The van der Waals surface area contributed by atoms with Crippen LogP contribution in [-0.2, 0) is 16.1 Å². The van der Waals surface area contributed by atoms with E-state index < -0.39 is 0 Å². The van der Waals surface area contributed by atoms with E-state index in [1.165, 1.54) is 22.0 Å². The quantitative estimate of drug-likeness (QED) is 0.546. The molecule has 0 N–H and O–H groups in total. The van der Waals surface area contributed by atoms with Crippen LogP contribution in [-0.4, -0.2) is 59.2 Å². The average molecular weight is 448 g/mol. The number of carbonyl (C=O) groups is 2. The second kappa shape index (κ2) is 10.1. The van der Waals surface area contributed by atoms with Crippen molar-refractivity contribution in [1.82, 2.24) is 14.4 Å². The summed E-state index contributed by atoms with van der Waals surface area (Å²) in [5.41, 5.74) is 4.74. The van der Waals surface area contributed by atoms with Crippen molar-refractivity contribution >= 4 is 22.9 Å². The number of benzene rings is 2. The standard InChI is InChI=1S/C27H33N3O3/c1-4-28-19-24(22-8-6-7-9-25(22)28)23(21-12-10-20(3)11-13-21)18-26(31)29-14-16-30(17-15-29)27(32)33-5-2/h6-13,19,23H,4-5,14-18H2,1-3H3/t23-/m0/s1. The number of hydrogen-bond donors (Lipinski definition) is 0. The van der Waals surface area contributed by atoms with E-state index in [0.29, 0.717) is 39.2 Å². The summed E-state index contributed by atoms with van der Waals surface area (Å²) in [5.74, 6) is 0.0938. The van der Waals surface area contributed by atoms with E-state index in [1.807, 2.05) is 4.90 Å². The lowest BCUT2D eigenvalue weighted by molar-refractivity contribution is -0.133. The van der Waals surface area contributed by atoms with Crippen molar-refractivity contribution in [3.8, 4) is 0 Å². The molecule has 0 bridgehead atoms. The molecular formula is C27H33N3O3. The van der Waals surface area contributed by atoms with Gasteiger partial charge >= 0.3 is 6.09 Å². The number of piperazine rings is 1. The summed E-state index contributed by atoms with van der Waals surface area (Å²) in [6, 6.07) is 16.9. The zero-order valence-corrected chi connectivity index (χ0v) is 19.8. The number of nitrogens with zero attached hydrogens (tertiary/aromatic N) is 3. The highest BCUT2D eigenvalue weighted by atomic mass is 16.6. The first kappa shape index (κ1) is 22.9. The topological polar surface area (TPSA) is 54.8 Å². The SMILES string of the molecule is CCOC(=O)N1CCN(C(=O)C[C@@H](c2ccc(C)cc2)c2cn(CC)c3ccccc23)CC1. The number of rotatable bonds is 6. The van der Waals surface area contributed by atoms with Crippen molar-refractivity contribution in [2.24, 2.45) is 0 Å². The van der Waals surface area contributed by atoms with Gasteiger partial charge in [-0.05, 0) is 38.0 Å². The molecule has 2 amide bonds. The first-order chi connectivity index (χ1) is 16.0. The molecule has 2 heterocycles. The Kier molecular flexibility index (Phi) is 7.02. The minimum Gasteiger partial charge on any atom is -0.450 e. The molecule has 0 radical (unpaired) electrons. The molecule has 1 aliphatic heterocycles. The molecule has 1 saturated heterocycles. The second-order valence-electron chi connectivity index (χ2n) is 8.62. The van der Waals surface area contributed by atoms with E-state index in [4.69, 9.17) is 4.74 Å². The highest BCUT2D eigenvalue weighted by Crippen LogP contribution is 2.35. The number of aromatic nitrogens is 1. The van der Waals surface area contributed by atoms with Gasteiger partial charge in [0.25, 0.3) is 0 Å². The van der Waals surface area contributed by atoms with Gasteiger partial charge in [-0.25, -0.2) is 4.79 Å². The number of para-hydroxylation sites is 1. The van der Waals surface area contributed by atoms with E-state index in [-0.39, 0.29) is 17.9 Å². The van der Waals surface area contributed by atoms with Crippen molar-refractivity contribution in [2.45, 2.75) is 39.7 Å². The highest BCUT2D eigenvalue weighted by molar-refractivity contribution is 5.87. The summed E-state index contributed by atoms with van der Waals surface area (Å²) in [6.45, 7) is 9.36. The number of amides is 2. The molecule has 33 heavy (non-hydrogen) atoms. The second-order valence-corrected chi connectivity index (χ2v) is 8.62. The van der Waals surface area contributed by atoms with Crippen molar-refractivity contribution < 1.29 is 14.3 Å². The molecule has 6 heteroatoms. The van der Waals surface area contributed by atoms with Gasteiger partial charge in [-0.2, -0.15) is 0 Å². The first-order valence-electron chi connectivity index (χ1n) is 11.9. The van der Waals surface area contributed by atoms with Gasteiger partial charge in [-0.3, -0.25) is 4.79 Å². The molecule has 174 valence electrons. The summed E-state index contributed by atoms with van der Waals surface area (Å²) in [5, 5.41) is 1.20. The minimum absolute atomic E-state index is 0.0288. The number of fused-ring (bicyclic) bond motifs is 1. The molecule has 3 aromatic rings. The van der Waals surface area contributed by atoms with Crippen LogP contribution in [0.25, 0.3) is 10.9 Å². The van der Waals surface area contributed by atoms with Gasteiger partial charge in [-0.1, -0.05) is 48.0 Å². The Balaban J connectivity index is 1.59. The maximum Gasteiger partial charge on any atom is 0.409 e. The zero-order valence-electron chi connectivity index (χ0n) is 19.8. The Morgan fingerprint density at radius 3 is 2.27 bits per heavy atom. The molecular weight excluding hydrogens is 414 g/mol. The largest absolute Gasteiger partial charge is 0.450 e. The van der Waals surface area contributed by atoms with E-state index in [0.717, 1.165) is 12.1 Å². The lowest BCUT2D eigenvalue weighted by Gasteiger charge is -2.34.